The molecule has 2 aromatic carbocycles. The van der Waals surface area contributed by atoms with Gasteiger partial charge in [-0.2, -0.15) is 0 Å². The van der Waals surface area contributed by atoms with Crippen molar-refractivity contribution in [3.8, 4) is 5.75 Å². The zero-order valence-electron chi connectivity index (χ0n) is 10.6. The largest absolute Gasteiger partial charge is 0.871 e. The fourth-order valence-electron chi connectivity index (χ4n) is 1.65. The van der Waals surface area contributed by atoms with Gasteiger partial charge in [-0.3, -0.25) is 4.99 Å². The van der Waals surface area contributed by atoms with Crippen LogP contribution < -0.4 is 5.11 Å². The van der Waals surface area contributed by atoms with Crippen molar-refractivity contribution in [1.82, 2.24) is 0 Å². The third-order valence-corrected chi connectivity index (χ3v) is 3.16. The molecule has 0 aliphatic carbocycles. The Kier molecular flexibility index (Phi) is 4.63. The Hall–Kier alpha value is -2.18. The molecule has 0 fully saturated rings. The molecular weight excluding hydrogens is 339 g/mol. The standard InChI is InChI=1S/C14H7Cl2F2NO3/c15-7-3-6(13(20)8(16)4-7)5-19-10-2-1-9(17)11(12(10)18)14(21)22/h1-5,20H,(H,21,22)/p-1. The van der Waals surface area contributed by atoms with Crippen LogP contribution >= 0.6 is 23.2 Å². The average Bonchev–Trinajstić information content (AvgIpc) is 2.42. The van der Waals surface area contributed by atoms with E-state index in [4.69, 9.17) is 28.3 Å². The number of carboxylic acid groups (broad SMARTS) is 1. The van der Waals surface area contributed by atoms with Crippen molar-refractivity contribution in [2.45, 2.75) is 0 Å². The second kappa shape index (κ2) is 6.29. The Bertz CT molecular complexity index is 794. The zero-order valence-corrected chi connectivity index (χ0v) is 12.1. The normalized spacial score (nSPS) is 11.1. The molecule has 0 aromatic heterocycles. The van der Waals surface area contributed by atoms with Crippen molar-refractivity contribution in [3.05, 3.63) is 57.1 Å². The Morgan fingerprint density at radius 3 is 2.59 bits per heavy atom. The lowest BCUT2D eigenvalue weighted by Crippen LogP contribution is -2.04. The van der Waals surface area contributed by atoms with Gasteiger partial charge in [0.2, 0.25) is 0 Å². The summed E-state index contributed by atoms with van der Waals surface area (Å²) < 4.78 is 27.1. The van der Waals surface area contributed by atoms with Gasteiger partial charge < -0.3 is 10.2 Å². The SMILES string of the molecule is O=C(O)c1c(F)ccc(N=Cc2cc(Cl)cc(Cl)c2[O-])c1F. The monoisotopic (exact) mass is 344 g/mol. The van der Waals surface area contributed by atoms with Gasteiger partial charge in [0, 0.05) is 16.3 Å². The van der Waals surface area contributed by atoms with Crippen LogP contribution in [0.25, 0.3) is 0 Å². The van der Waals surface area contributed by atoms with Crippen molar-refractivity contribution < 1.29 is 23.8 Å². The van der Waals surface area contributed by atoms with Crippen LogP contribution in [0.2, 0.25) is 10.0 Å². The third kappa shape index (κ3) is 3.18. The number of carboxylic acids is 1. The highest BCUT2D eigenvalue weighted by molar-refractivity contribution is 6.36. The van der Waals surface area contributed by atoms with Gasteiger partial charge in [0.15, 0.2) is 5.82 Å². The van der Waals surface area contributed by atoms with E-state index in [0.717, 1.165) is 18.3 Å². The molecule has 0 spiro atoms. The summed E-state index contributed by atoms with van der Waals surface area (Å²) in [5, 5.41) is 20.5. The summed E-state index contributed by atoms with van der Waals surface area (Å²) in [6, 6.07) is 4.22. The van der Waals surface area contributed by atoms with Crippen molar-refractivity contribution in [3.63, 3.8) is 0 Å². The minimum absolute atomic E-state index is 0.0156. The van der Waals surface area contributed by atoms with Crippen LogP contribution in [0, 0.1) is 11.6 Å². The molecule has 1 N–H and O–H groups in total. The van der Waals surface area contributed by atoms with E-state index < -0.39 is 34.6 Å². The first-order chi connectivity index (χ1) is 10.3. The lowest BCUT2D eigenvalue weighted by Gasteiger charge is -2.12. The van der Waals surface area contributed by atoms with E-state index in [-0.39, 0.29) is 15.6 Å². The molecule has 114 valence electrons. The summed E-state index contributed by atoms with van der Waals surface area (Å²) in [6.45, 7) is 0. The lowest BCUT2D eigenvalue weighted by molar-refractivity contribution is -0.268. The highest BCUT2D eigenvalue weighted by atomic mass is 35.5. The van der Waals surface area contributed by atoms with Gasteiger partial charge in [0.1, 0.15) is 11.4 Å². The predicted molar refractivity (Wildman–Crippen MR) is 76.5 cm³/mol. The fraction of sp³-hybridized carbons (Fsp3) is 0. The van der Waals surface area contributed by atoms with E-state index in [1.807, 2.05) is 0 Å². The molecule has 8 heteroatoms. The van der Waals surface area contributed by atoms with Gasteiger partial charge in [-0.1, -0.05) is 29.0 Å². The van der Waals surface area contributed by atoms with Crippen LogP contribution in [0.4, 0.5) is 14.5 Å². The molecule has 2 rings (SSSR count). The molecule has 4 nitrogen and oxygen atoms in total. The van der Waals surface area contributed by atoms with E-state index >= 15 is 0 Å². The maximum Gasteiger partial charge on any atom is 0.341 e. The van der Waals surface area contributed by atoms with Crippen molar-refractivity contribution in [1.29, 1.82) is 0 Å². The maximum atomic E-state index is 13.9. The van der Waals surface area contributed by atoms with Crippen molar-refractivity contribution in [2.24, 2.45) is 4.99 Å². The first kappa shape index (κ1) is 16.2. The van der Waals surface area contributed by atoms with Crippen molar-refractivity contribution in [2.75, 3.05) is 0 Å². The number of aromatic carboxylic acids is 1. The second-order valence-corrected chi connectivity index (χ2v) is 4.97. The predicted octanol–water partition coefficient (Wildman–Crippen LogP) is 3.79. The molecule has 0 saturated carbocycles. The molecule has 2 aromatic rings. The molecule has 0 saturated heterocycles. The summed E-state index contributed by atoms with van der Waals surface area (Å²) in [5.74, 6) is -4.90. The maximum absolute atomic E-state index is 13.9. The smallest absolute Gasteiger partial charge is 0.341 e. The average molecular weight is 345 g/mol. The number of carbonyl (C=O) groups is 1. The van der Waals surface area contributed by atoms with E-state index in [0.29, 0.717) is 0 Å². The Labute approximate surface area is 133 Å². The number of aliphatic imine (C=N–C) groups is 1. The molecule has 0 radical (unpaired) electrons. The summed E-state index contributed by atoms with van der Waals surface area (Å²) in [6.07, 6.45) is 0.974. The van der Waals surface area contributed by atoms with Crippen molar-refractivity contribution >= 4 is 41.1 Å². The van der Waals surface area contributed by atoms with E-state index in [2.05, 4.69) is 4.99 Å². The summed E-state index contributed by atoms with van der Waals surface area (Å²) >= 11 is 11.4. The lowest BCUT2D eigenvalue weighted by atomic mass is 10.1. The number of nitrogens with zero attached hydrogens (tertiary/aromatic N) is 1. The number of rotatable bonds is 3. The minimum atomic E-state index is -1.76. The number of benzene rings is 2. The molecule has 22 heavy (non-hydrogen) atoms. The molecule has 0 atom stereocenters. The molecule has 0 unspecified atom stereocenters. The molecule has 0 heterocycles. The first-order valence-corrected chi connectivity index (χ1v) is 6.48. The number of halogens is 4. The Morgan fingerprint density at radius 1 is 1.27 bits per heavy atom. The van der Waals surface area contributed by atoms with Gasteiger partial charge in [0.05, 0.1) is 5.69 Å². The van der Waals surface area contributed by atoms with Crippen LogP contribution in [0.5, 0.6) is 5.75 Å². The van der Waals surface area contributed by atoms with Gasteiger partial charge in [-0.05, 0) is 29.8 Å². The van der Waals surface area contributed by atoms with Gasteiger partial charge in [-0.25, -0.2) is 13.6 Å². The number of hydrogen-bond acceptors (Lipinski definition) is 3. The Morgan fingerprint density at radius 2 is 1.95 bits per heavy atom. The molecular formula is C14H6Cl2F2NO3-. The van der Waals surface area contributed by atoms with E-state index in [1.165, 1.54) is 12.1 Å². The topological polar surface area (TPSA) is 72.7 Å². The summed E-state index contributed by atoms with van der Waals surface area (Å²) in [5.41, 5.74) is -1.58. The molecule has 0 aliphatic rings. The number of hydrogen-bond donors (Lipinski definition) is 1. The first-order valence-electron chi connectivity index (χ1n) is 5.72. The summed E-state index contributed by atoms with van der Waals surface area (Å²) in [7, 11) is 0. The summed E-state index contributed by atoms with van der Waals surface area (Å²) in [4.78, 5) is 14.5. The van der Waals surface area contributed by atoms with Gasteiger partial charge in [0.25, 0.3) is 0 Å². The quantitative estimate of drug-likeness (QED) is 0.860. The van der Waals surface area contributed by atoms with Crippen LogP contribution in [0.15, 0.2) is 29.3 Å². The highest BCUT2D eigenvalue weighted by Crippen LogP contribution is 2.29. The molecule has 0 bridgehead atoms. The Balaban J connectivity index is 2.48. The minimum Gasteiger partial charge on any atom is -0.871 e. The zero-order chi connectivity index (χ0) is 16.4. The third-order valence-electron chi connectivity index (χ3n) is 2.66. The van der Waals surface area contributed by atoms with E-state index in [1.54, 1.807) is 0 Å². The van der Waals surface area contributed by atoms with Crippen LogP contribution in [-0.2, 0) is 0 Å². The molecule has 0 aliphatic heterocycles. The van der Waals surface area contributed by atoms with Gasteiger partial charge >= 0.3 is 5.97 Å². The molecule has 0 amide bonds. The van der Waals surface area contributed by atoms with Crippen LogP contribution in [0.3, 0.4) is 0 Å². The van der Waals surface area contributed by atoms with Gasteiger partial charge in [-0.15, -0.1) is 0 Å². The van der Waals surface area contributed by atoms with E-state index in [9.17, 15) is 18.7 Å². The second-order valence-electron chi connectivity index (χ2n) is 4.12. The fourth-order valence-corrected chi connectivity index (χ4v) is 2.16. The van der Waals surface area contributed by atoms with Crippen LogP contribution in [0.1, 0.15) is 15.9 Å². The highest BCUT2D eigenvalue weighted by Gasteiger charge is 2.19. The van der Waals surface area contributed by atoms with Crippen LogP contribution in [-0.4, -0.2) is 17.3 Å².